The van der Waals surface area contributed by atoms with Gasteiger partial charge in [-0.1, -0.05) is 15.9 Å². The fraction of sp³-hybridized carbons (Fsp3) is 0.231. The van der Waals surface area contributed by atoms with Crippen LogP contribution in [0.4, 0.5) is 4.39 Å². The molecule has 1 aliphatic carbocycles. The number of carbonyl (C=O) groups excluding carboxylic acids is 1. The van der Waals surface area contributed by atoms with Gasteiger partial charge in [-0.25, -0.2) is 4.39 Å². The van der Waals surface area contributed by atoms with Gasteiger partial charge in [-0.15, -0.1) is 0 Å². The monoisotopic (exact) mass is 340 g/mol. The predicted molar refractivity (Wildman–Crippen MR) is 77.7 cm³/mol. The van der Waals surface area contributed by atoms with E-state index >= 15 is 0 Å². The molecule has 0 radical (unpaired) electrons. The average molecular weight is 341 g/mol. The van der Waals surface area contributed by atoms with E-state index in [1.54, 1.807) is 17.0 Å². The molecule has 6 heteroatoms. The third-order valence-electron chi connectivity index (χ3n) is 3.08. The topological polar surface area (TPSA) is 32.3 Å². The molecule has 1 amide bonds. The van der Waals surface area contributed by atoms with E-state index in [1.807, 2.05) is 0 Å². The molecule has 0 atom stereocenters. The number of rotatable bonds is 2. The summed E-state index contributed by atoms with van der Waals surface area (Å²) in [6.07, 6.45) is 3.45. The maximum absolute atomic E-state index is 13.7. The second-order valence-corrected chi connectivity index (χ2v) is 5.86. The lowest BCUT2D eigenvalue weighted by Gasteiger charge is -2.11. The van der Waals surface area contributed by atoms with Crippen molar-refractivity contribution in [3.05, 3.63) is 39.7 Å². The van der Waals surface area contributed by atoms with E-state index in [0.717, 1.165) is 17.3 Å². The average Bonchev–Trinajstić information content (AvgIpc) is 3.13. The van der Waals surface area contributed by atoms with Crippen LogP contribution in [0.25, 0.3) is 6.08 Å². The molecule has 3 nitrogen and oxygen atoms in total. The summed E-state index contributed by atoms with van der Waals surface area (Å²) in [5.41, 5.74) is 0.680. The zero-order chi connectivity index (χ0) is 13.6. The van der Waals surface area contributed by atoms with E-state index in [9.17, 15) is 9.18 Å². The largest absolute Gasteiger partial charge is 0.328 e. The van der Waals surface area contributed by atoms with Crippen molar-refractivity contribution in [2.75, 3.05) is 0 Å². The molecule has 1 saturated heterocycles. The summed E-state index contributed by atoms with van der Waals surface area (Å²) in [6, 6.07) is 4.81. The lowest BCUT2D eigenvalue weighted by Crippen LogP contribution is -2.32. The standard InChI is InChI=1S/C13H10BrFN2OS/c14-8-1-4-10(15)7(5-8)6-11-12(18)17(9-2-3-9)13(19)16-11/h1,4-6,9H,2-3H2,(H,16,19)/b11-6+. The minimum absolute atomic E-state index is 0.174. The second kappa shape index (κ2) is 4.68. The van der Waals surface area contributed by atoms with E-state index < -0.39 is 0 Å². The zero-order valence-corrected chi connectivity index (χ0v) is 12.2. The van der Waals surface area contributed by atoms with Crippen LogP contribution in [-0.4, -0.2) is 22.0 Å². The minimum Gasteiger partial charge on any atom is -0.328 e. The van der Waals surface area contributed by atoms with Crippen molar-refractivity contribution in [1.82, 2.24) is 10.2 Å². The number of halogens is 2. The van der Waals surface area contributed by atoms with Crippen molar-refractivity contribution >= 4 is 45.2 Å². The normalized spacial score (nSPS) is 21.2. The van der Waals surface area contributed by atoms with E-state index in [-0.39, 0.29) is 17.8 Å². The first kappa shape index (κ1) is 12.7. The summed E-state index contributed by atoms with van der Waals surface area (Å²) >= 11 is 8.42. The molecule has 2 fully saturated rings. The van der Waals surface area contributed by atoms with Crippen molar-refractivity contribution < 1.29 is 9.18 Å². The molecule has 0 bridgehead atoms. The van der Waals surface area contributed by atoms with Crippen LogP contribution < -0.4 is 5.32 Å². The van der Waals surface area contributed by atoms with Crippen molar-refractivity contribution in [1.29, 1.82) is 0 Å². The van der Waals surface area contributed by atoms with Gasteiger partial charge < -0.3 is 5.32 Å². The van der Waals surface area contributed by atoms with E-state index in [1.165, 1.54) is 12.1 Å². The first-order chi connectivity index (χ1) is 9.06. The summed E-state index contributed by atoms with van der Waals surface area (Å²) in [5, 5.41) is 3.27. The van der Waals surface area contributed by atoms with Gasteiger partial charge in [-0.2, -0.15) is 0 Å². The highest BCUT2D eigenvalue weighted by Crippen LogP contribution is 2.31. The molecule has 0 aromatic heterocycles. The summed E-state index contributed by atoms with van der Waals surface area (Å²) in [4.78, 5) is 13.8. The number of thiocarbonyl (C=S) groups is 1. The van der Waals surface area contributed by atoms with Crippen LogP contribution in [0.5, 0.6) is 0 Å². The van der Waals surface area contributed by atoms with Crippen LogP contribution in [0.15, 0.2) is 28.4 Å². The van der Waals surface area contributed by atoms with Gasteiger partial charge in [0, 0.05) is 16.1 Å². The van der Waals surface area contributed by atoms with Crippen LogP contribution in [-0.2, 0) is 4.79 Å². The van der Waals surface area contributed by atoms with E-state index in [2.05, 4.69) is 21.2 Å². The van der Waals surface area contributed by atoms with Crippen LogP contribution in [0.2, 0.25) is 0 Å². The lowest BCUT2D eigenvalue weighted by molar-refractivity contribution is -0.122. The van der Waals surface area contributed by atoms with Crippen LogP contribution in [0.3, 0.4) is 0 Å². The van der Waals surface area contributed by atoms with Gasteiger partial charge in [0.2, 0.25) is 0 Å². The number of hydrogen-bond acceptors (Lipinski definition) is 2. The Morgan fingerprint density at radius 3 is 2.89 bits per heavy atom. The Balaban J connectivity index is 1.94. The smallest absolute Gasteiger partial charge is 0.276 e. The Labute approximate surface area is 123 Å². The molecule has 1 aromatic rings. The number of carbonyl (C=O) groups is 1. The van der Waals surface area contributed by atoms with E-state index in [4.69, 9.17) is 12.2 Å². The summed E-state index contributed by atoms with van der Waals surface area (Å²) in [6.45, 7) is 0. The molecule has 1 aliphatic heterocycles. The first-order valence-corrected chi connectivity index (χ1v) is 7.07. The Kier molecular flexibility index (Phi) is 3.14. The Morgan fingerprint density at radius 2 is 2.21 bits per heavy atom. The molecule has 1 saturated carbocycles. The zero-order valence-electron chi connectivity index (χ0n) is 9.82. The fourth-order valence-electron chi connectivity index (χ4n) is 1.99. The number of amides is 1. The molecular formula is C13H10BrFN2OS. The fourth-order valence-corrected chi connectivity index (χ4v) is 2.71. The summed E-state index contributed by atoms with van der Waals surface area (Å²) in [5.74, 6) is -0.548. The van der Waals surface area contributed by atoms with Crippen LogP contribution in [0.1, 0.15) is 18.4 Å². The number of nitrogens with one attached hydrogen (secondary N) is 1. The quantitative estimate of drug-likeness (QED) is 0.663. The highest BCUT2D eigenvalue weighted by molar-refractivity contribution is 9.10. The van der Waals surface area contributed by atoms with Gasteiger partial charge in [0.25, 0.3) is 5.91 Å². The van der Waals surface area contributed by atoms with Crippen LogP contribution in [0, 0.1) is 5.82 Å². The molecular weight excluding hydrogens is 331 g/mol. The van der Waals surface area contributed by atoms with Gasteiger partial charge in [-0.3, -0.25) is 9.69 Å². The molecule has 19 heavy (non-hydrogen) atoms. The van der Waals surface area contributed by atoms with Crippen molar-refractivity contribution in [2.45, 2.75) is 18.9 Å². The Morgan fingerprint density at radius 1 is 1.47 bits per heavy atom. The van der Waals surface area contributed by atoms with Gasteiger partial charge in [0.1, 0.15) is 11.5 Å². The first-order valence-electron chi connectivity index (χ1n) is 5.87. The Hall–Kier alpha value is -1.27. The van der Waals surface area contributed by atoms with E-state index in [0.29, 0.717) is 16.4 Å². The number of hydrogen-bond donors (Lipinski definition) is 1. The molecule has 3 rings (SSSR count). The molecule has 1 heterocycles. The third kappa shape index (κ3) is 2.42. The minimum atomic E-state index is -0.374. The molecule has 1 N–H and O–H groups in total. The van der Waals surface area contributed by atoms with Crippen LogP contribution >= 0.6 is 28.1 Å². The van der Waals surface area contributed by atoms with Crippen molar-refractivity contribution in [3.63, 3.8) is 0 Å². The highest BCUT2D eigenvalue weighted by atomic mass is 79.9. The number of benzene rings is 1. The maximum atomic E-state index is 13.7. The highest BCUT2D eigenvalue weighted by Gasteiger charge is 2.41. The Bertz CT molecular complexity index is 613. The predicted octanol–water partition coefficient (Wildman–Crippen LogP) is 2.81. The molecule has 0 unspecified atom stereocenters. The SMILES string of the molecule is O=C1/C(=C\c2cc(Br)ccc2F)NC(=S)N1C1CC1. The van der Waals surface area contributed by atoms with Crippen molar-refractivity contribution in [3.8, 4) is 0 Å². The lowest BCUT2D eigenvalue weighted by atomic mass is 10.2. The summed E-state index contributed by atoms with van der Waals surface area (Å²) in [7, 11) is 0. The van der Waals surface area contributed by atoms with Crippen molar-refractivity contribution in [2.24, 2.45) is 0 Å². The number of nitrogens with zero attached hydrogens (tertiary/aromatic N) is 1. The summed E-state index contributed by atoms with van der Waals surface area (Å²) < 4.78 is 14.4. The second-order valence-electron chi connectivity index (χ2n) is 4.56. The maximum Gasteiger partial charge on any atom is 0.276 e. The molecule has 2 aliphatic rings. The molecule has 0 spiro atoms. The van der Waals surface area contributed by atoms with Gasteiger partial charge in [0.05, 0.1) is 0 Å². The molecule has 98 valence electrons. The van der Waals surface area contributed by atoms with Gasteiger partial charge >= 0.3 is 0 Å². The van der Waals surface area contributed by atoms with Gasteiger partial charge in [-0.05, 0) is 49.3 Å². The third-order valence-corrected chi connectivity index (χ3v) is 3.87. The van der Waals surface area contributed by atoms with Gasteiger partial charge in [0.15, 0.2) is 5.11 Å². The molecule has 1 aromatic carbocycles.